The monoisotopic (exact) mass is 277 g/mol. The molecule has 2 rings (SSSR count). The molecule has 1 N–H and O–H groups in total. The van der Waals surface area contributed by atoms with E-state index in [0.29, 0.717) is 5.56 Å². The number of nitrogens with zero attached hydrogens (tertiary/aromatic N) is 1. The quantitative estimate of drug-likeness (QED) is 0.936. The Bertz CT molecular complexity index is 679. The molecular formula is C14H15NO3S. The molecule has 0 atom stereocenters. The van der Waals surface area contributed by atoms with Gasteiger partial charge in [-0.25, -0.2) is 12.7 Å². The summed E-state index contributed by atoms with van der Waals surface area (Å²) >= 11 is 0. The van der Waals surface area contributed by atoms with Crippen molar-refractivity contribution in [2.75, 3.05) is 14.1 Å². The molecule has 0 aromatic heterocycles. The van der Waals surface area contributed by atoms with E-state index in [1.807, 2.05) is 30.3 Å². The molecular weight excluding hydrogens is 262 g/mol. The fourth-order valence-electron chi connectivity index (χ4n) is 1.74. The molecule has 0 bridgehead atoms. The highest BCUT2D eigenvalue weighted by atomic mass is 32.2. The molecule has 0 amide bonds. The van der Waals surface area contributed by atoms with Gasteiger partial charge in [0.1, 0.15) is 5.75 Å². The summed E-state index contributed by atoms with van der Waals surface area (Å²) in [5.74, 6) is 0.0592. The molecule has 19 heavy (non-hydrogen) atoms. The lowest BCUT2D eigenvalue weighted by atomic mass is 10.1. The van der Waals surface area contributed by atoms with E-state index in [0.717, 1.165) is 9.87 Å². The molecule has 0 aliphatic rings. The fraction of sp³-hybridized carbons (Fsp3) is 0.143. The minimum Gasteiger partial charge on any atom is -0.507 e. The Balaban J connectivity index is 2.60. The van der Waals surface area contributed by atoms with Gasteiger partial charge in [-0.3, -0.25) is 0 Å². The second-order valence-electron chi connectivity index (χ2n) is 4.33. The third-order valence-corrected chi connectivity index (χ3v) is 4.64. The van der Waals surface area contributed by atoms with Crippen LogP contribution in [0.5, 0.6) is 5.75 Å². The van der Waals surface area contributed by atoms with E-state index in [1.165, 1.54) is 32.3 Å². The summed E-state index contributed by atoms with van der Waals surface area (Å²) in [4.78, 5) is 0.161. The van der Waals surface area contributed by atoms with Crippen molar-refractivity contribution >= 4 is 10.0 Å². The van der Waals surface area contributed by atoms with Crippen molar-refractivity contribution in [2.24, 2.45) is 0 Å². The fourth-order valence-corrected chi connectivity index (χ4v) is 2.66. The summed E-state index contributed by atoms with van der Waals surface area (Å²) in [6.45, 7) is 0. The van der Waals surface area contributed by atoms with Gasteiger partial charge in [0, 0.05) is 19.7 Å². The van der Waals surface area contributed by atoms with Crippen molar-refractivity contribution in [3.63, 3.8) is 0 Å². The van der Waals surface area contributed by atoms with E-state index in [9.17, 15) is 13.5 Å². The maximum atomic E-state index is 12.1. The first-order valence-electron chi connectivity index (χ1n) is 5.74. The maximum Gasteiger partial charge on any atom is 0.242 e. The van der Waals surface area contributed by atoms with Gasteiger partial charge in [0.25, 0.3) is 0 Å². The molecule has 2 aromatic rings. The second-order valence-corrected chi connectivity index (χ2v) is 6.48. The van der Waals surface area contributed by atoms with Crippen molar-refractivity contribution in [1.29, 1.82) is 0 Å². The highest BCUT2D eigenvalue weighted by Gasteiger charge is 2.18. The van der Waals surface area contributed by atoms with Gasteiger partial charge in [-0.2, -0.15) is 0 Å². The molecule has 2 aromatic carbocycles. The number of phenols is 1. The van der Waals surface area contributed by atoms with Gasteiger partial charge in [0.15, 0.2) is 0 Å². The summed E-state index contributed by atoms with van der Waals surface area (Å²) in [5.41, 5.74) is 1.28. The largest absolute Gasteiger partial charge is 0.507 e. The van der Waals surface area contributed by atoms with E-state index >= 15 is 0 Å². The van der Waals surface area contributed by atoms with Crippen LogP contribution in [-0.2, 0) is 10.0 Å². The third kappa shape index (κ3) is 2.62. The zero-order chi connectivity index (χ0) is 14.0. The van der Waals surface area contributed by atoms with Gasteiger partial charge in [-0.15, -0.1) is 0 Å². The van der Waals surface area contributed by atoms with Gasteiger partial charge in [0.2, 0.25) is 10.0 Å². The van der Waals surface area contributed by atoms with Gasteiger partial charge < -0.3 is 5.11 Å². The van der Waals surface area contributed by atoms with Crippen LogP contribution in [-0.4, -0.2) is 31.9 Å². The van der Waals surface area contributed by atoms with Gasteiger partial charge >= 0.3 is 0 Å². The first-order chi connectivity index (χ1) is 8.93. The molecule has 100 valence electrons. The van der Waals surface area contributed by atoms with E-state index in [-0.39, 0.29) is 10.6 Å². The predicted octanol–water partition coefficient (Wildman–Crippen LogP) is 2.31. The Kier molecular flexibility index (Phi) is 3.59. The number of aromatic hydroxyl groups is 1. The van der Waals surface area contributed by atoms with Crippen LogP contribution in [0.1, 0.15) is 0 Å². The van der Waals surface area contributed by atoms with Crippen LogP contribution >= 0.6 is 0 Å². The summed E-state index contributed by atoms with van der Waals surface area (Å²) in [6, 6.07) is 13.5. The Morgan fingerprint density at radius 1 is 1.00 bits per heavy atom. The lowest BCUT2D eigenvalue weighted by Crippen LogP contribution is -2.22. The predicted molar refractivity (Wildman–Crippen MR) is 74.4 cm³/mol. The summed E-state index contributed by atoms with van der Waals surface area (Å²) < 4.78 is 25.3. The Morgan fingerprint density at radius 3 is 2.21 bits per heavy atom. The third-order valence-electron chi connectivity index (χ3n) is 2.83. The van der Waals surface area contributed by atoms with Crippen LogP contribution in [0, 0.1) is 0 Å². The number of phenolic OH excluding ortho intramolecular Hbond substituents is 1. The van der Waals surface area contributed by atoms with E-state index < -0.39 is 10.0 Å². The van der Waals surface area contributed by atoms with Gasteiger partial charge in [-0.05, 0) is 23.8 Å². The Hall–Kier alpha value is -1.85. The SMILES string of the molecule is CN(C)S(=O)(=O)c1ccc(O)c(-c2ccccc2)c1. The summed E-state index contributed by atoms with van der Waals surface area (Å²) in [5, 5.41) is 9.88. The topological polar surface area (TPSA) is 57.6 Å². The van der Waals surface area contributed by atoms with Crippen molar-refractivity contribution in [2.45, 2.75) is 4.90 Å². The zero-order valence-electron chi connectivity index (χ0n) is 10.7. The molecule has 4 nitrogen and oxygen atoms in total. The average Bonchev–Trinajstić information content (AvgIpc) is 2.39. The lowest BCUT2D eigenvalue weighted by molar-refractivity contribution is 0.476. The number of sulfonamides is 1. The molecule has 0 spiro atoms. The lowest BCUT2D eigenvalue weighted by Gasteiger charge is -2.13. The van der Waals surface area contributed by atoms with Crippen LogP contribution in [0.3, 0.4) is 0 Å². The smallest absolute Gasteiger partial charge is 0.242 e. The minimum absolute atomic E-state index is 0.0592. The van der Waals surface area contributed by atoms with Crippen LogP contribution in [0.2, 0.25) is 0 Å². The molecule has 0 radical (unpaired) electrons. The number of hydrogen-bond acceptors (Lipinski definition) is 3. The highest BCUT2D eigenvalue weighted by Crippen LogP contribution is 2.31. The van der Waals surface area contributed by atoms with Crippen LogP contribution < -0.4 is 0 Å². The minimum atomic E-state index is -3.50. The van der Waals surface area contributed by atoms with Crippen molar-refractivity contribution in [3.8, 4) is 16.9 Å². The Morgan fingerprint density at radius 2 is 1.63 bits per heavy atom. The average molecular weight is 277 g/mol. The molecule has 5 heteroatoms. The molecule has 0 aliphatic heterocycles. The van der Waals surface area contributed by atoms with Crippen LogP contribution in [0.4, 0.5) is 0 Å². The van der Waals surface area contributed by atoms with Crippen LogP contribution in [0.25, 0.3) is 11.1 Å². The van der Waals surface area contributed by atoms with Crippen molar-refractivity contribution < 1.29 is 13.5 Å². The van der Waals surface area contributed by atoms with Gasteiger partial charge in [-0.1, -0.05) is 30.3 Å². The Labute approximate surface area is 113 Å². The van der Waals surface area contributed by atoms with E-state index in [2.05, 4.69) is 0 Å². The summed E-state index contributed by atoms with van der Waals surface area (Å²) in [7, 11) is -0.549. The van der Waals surface area contributed by atoms with Gasteiger partial charge in [0.05, 0.1) is 4.90 Å². The summed E-state index contributed by atoms with van der Waals surface area (Å²) in [6.07, 6.45) is 0. The zero-order valence-corrected chi connectivity index (χ0v) is 11.6. The number of benzene rings is 2. The number of rotatable bonds is 3. The van der Waals surface area contributed by atoms with E-state index in [1.54, 1.807) is 0 Å². The first kappa shape index (κ1) is 13.6. The molecule has 0 fully saturated rings. The highest BCUT2D eigenvalue weighted by molar-refractivity contribution is 7.89. The molecule has 0 aliphatic carbocycles. The molecule has 0 heterocycles. The van der Waals surface area contributed by atoms with Crippen LogP contribution in [0.15, 0.2) is 53.4 Å². The van der Waals surface area contributed by atoms with E-state index in [4.69, 9.17) is 0 Å². The van der Waals surface area contributed by atoms with Crippen molar-refractivity contribution in [1.82, 2.24) is 4.31 Å². The normalized spacial score (nSPS) is 11.7. The molecule has 0 saturated heterocycles. The maximum absolute atomic E-state index is 12.1. The molecule has 0 saturated carbocycles. The standard InChI is InChI=1S/C14H15NO3S/c1-15(2)19(17,18)12-8-9-14(16)13(10-12)11-6-4-3-5-7-11/h3-10,16H,1-2H3. The molecule has 0 unspecified atom stereocenters. The van der Waals surface area contributed by atoms with Crippen molar-refractivity contribution in [3.05, 3.63) is 48.5 Å². The second kappa shape index (κ2) is 5.03. The number of hydrogen-bond donors (Lipinski definition) is 1. The first-order valence-corrected chi connectivity index (χ1v) is 7.18.